The lowest BCUT2D eigenvalue weighted by Crippen LogP contribution is -2.38. The van der Waals surface area contributed by atoms with E-state index in [9.17, 15) is 9.90 Å². The molecule has 25 heavy (non-hydrogen) atoms. The minimum absolute atomic E-state index is 0.173. The lowest BCUT2D eigenvalue weighted by atomic mass is 10.1. The molecule has 2 N–H and O–H groups in total. The number of urea groups is 1. The summed E-state index contributed by atoms with van der Waals surface area (Å²) in [6.07, 6.45) is 0. The Morgan fingerprint density at radius 3 is 2.56 bits per heavy atom. The molecule has 0 saturated carbocycles. The van der Waals surface area contributed by atoms with Crippen LogP contribution in [0.1, 0.15) is 24.1 Å². The molecule has 0 heterocycles. The molecule has 0 aliphatic rings. The van der Waals surface area contributed by atoms with Gasteiger partial charge in [0.2, 0.25) is 0 Å². The topological polar surface area (TPSA) is 71.0 Å². The largest absolute Gasteiger partial charge is 0.508 e. The lowest BCUT2D eigenvalue weighted by Gasteiger charge is -2.23. The minimum atomic E-state index is -0.250. The number of nitrogens with one attached hydrogen (secondary N) is 1. The van der Waals surface area contributed by atoms with Gasteiger partial charge in [-0.15, -0.1) is 0 Å². The molecule has 2 amide bonds. The van der Waals surface area contributed by atoms with Gasteiger partial charge in [-0.25, -0.2) is 4.79 Å². The average molecular weight is 344 g/mol. The molecule has 0 saturated heterocycles. The van der Waals surface area contributed by atoms with Crippen molar-refractivity contribution in [3.05, 3.63) is 53.6 Å². The maximum Gasteiger partial charge on any atom is 0.317 e. The zero-order chi connectivity index (χ0) is 18.4. The van der Waals surface area contributed by atoms with Crippen LogP contribution in [0, 0.1) is 0 Å². The molecule has 0 spiro atoms. The van der Waals surface area contributed by atoms with Crippen LogP contribution in [0.3, 0.4) is 0 Å². The predicted molar refractivity (Wildman–Crippen MR) is 96.1 cm³/mol. The number of carbonyl (C=O) groups is 1. The Bertz CT molecular complexity index is 733. The van der Waals surface area contributed by atoms with Gasteiger partial charge in [-0.1, -0.05) is 18.2 Å². The quantitative estimate of drug-likeness (QED) is 0.843. The van der Waals surface area contributed by atoms with E-state index in [1.165, 1.54) is 4.90 Å². The van der Waals surface area contributed by atoms with Gasteiger partial charge in [0, 0.05) is 24.2 Å². The summed E-state index contributed by atoms with van der Waals surface area (Å²) in [6.45, 7) is 2.20. The maximum atomic E-state index is 12.4. The number of hydrogen-bond donors (Lipinski definition) is 2. The van der Waals surface area contributed by atoms with Crippen molar-refractivity contribution in [2.24, 2.45) is 0 Å². The SMILES string of the molecule is COc1ccc(C(C)NC(=O)N(C)Cc2ccccc2O)c(OC)c1. The molecular formula is C19H24N2O4. The predicted octanol–water partition coefficient (Wildman–Crippen LogP) is 3.31. The van der Waals surface area contributed by atoms with Crippen LogP contribution in [0.25, 0.3) is 0 Å². The van der Waals surface area contributed by atoms with Crippen molar-refractivity contribution >= 4 is 6.03 Å². The third-order valence-electron chi connectivity index (χ3n) is 3.99. The summed E-state index contributed by atoms with van der Waals surface area (Å²) < 4.78 is 10.6. The number of carbonyl (C=O) groups excluding carboxylic acids is 1. The number of methoxy groups -OCH3 is 2. The Hall–Kier alpha value is -2.89. The number of aromatic hydroxyl groups is 1. The van der Waals surface area contributed by atoms with Crippen molar-refractivity contribution in [3.63, 3.8) is 0 Å². The van der Waals surface area contributed by atoms with Crippen molar-refractivity contribution in [2.45, 2.75) is 19.5 Å². The Balaban J connectivity index is 2.05. The van der Waals surface area contributed by atoms with Crippen LogP contribution in [-0.4, -0.2) is 37.3 Å². The van der Waals surface area contributed by atoms with E-state index in [1.54, 1.807) is 45.5 Å². The van der Waals surface area contributed by atoms with E-state index in [0.29, 0.717) is 23.6 Å². The van der Waals surface area contributed by atoms with Gasteiger partial charge in [-0.05, 0) is 25.1 Å². The fraction of sp³-hybridized carbons (Fsp3) is 0.316. The van der Waals surface area contributed by atoms with Gasteiger partial charge in [0.05, 0.1) is 26.8 Å². The fourth-order valence-electron chi connectivity index (χ4n) is 2.52. The number of phenols is 1. The molecule has 0 aliphatic carbocycles. The molecule has 134 valence electrons. The molecule has 6 nitrogen and oxygen atoms in total. The average Bonchev–Trinajstić information content (AvgIpc) is 2.62. The molecule has 1 atom stereocenters. The first kappa shape index (κ1) is 18.4. The number of nitrogens with zero attached hydrogens (tertiary/aromatic N) is 1. The van der Waals surface area contributed by atoms with E-state index in [4.69, 9.17) is 9.47 Å². The number of benzene rings is 2. The van der Waals surface area contributed by atoms with E-state index < -0.39 is 0 Å². The highest BCUT2D eigenvalue weighted by Gasteiger charge is 2.18. The van der Waals surface area contributed by atoms with Crippen molar-refractivity contribution in [3.8, 4) is 17.2 Å². The second-order valence-corrected chi connectivity index (χ2v) is 5.76. The minimum Gasteiger partial charge on any atom is -0.508 e. The van der Waals surface area contributed by atoms with Crippen LogP contribution in [-0.2, 0) is 6.54 Å². The normalized spacial score (nSPS) is 11.5. The molecule has 0 fully saturated rings. The van der Waals surface area contributed by atoms with Crippen molar-refractivity contribution in [1.82, 2.24) is 10.2 Å². The number of amides is 2. The summed E-state index contributed by atoms with van der Waals surface area (Å²) in [4.78, 5) is 13.9. The number of para-hydroxylation sites is 1. The smallest absolute Gasteiger partial charge is 0.317 e. The summed E-state index contributed by atoms with van der Waals surface area (Å²) in [7, 11) is 4.85. The van der Waals surface area contributed by atoms with Crippen molar-refractivity contribution in [1.29, 1.82) is 0 Å². The molecule has 0 radical (unpaired) electrons. The van der Waals surface area contributed by atoms with Crippen LogP contribution < -0.4 is 14.8 Å². The molecule has 2 aromatic carbocycles. The fourth-order valence-corrected chi connectivity index (χ4v) is 2.52. The summed E-state index contributed by atoms with van der Waals surface area (Å²) in [5.41, 5.74) is 1.54. The molecule has 2 rings (SSSR count). The maximum absolute atomic E-state index is 12.4. The van der Waals surface area contributed by atoms with Gasteiger partial charge in [0.25, 0.3) is 0 Å². The van der Waals surface area contributed by atoms with Crippen LogP contribution in [0.2, 0.25) is 0 Å². The highest BCUT2D eigenvalue weighted by atomic mass is 16.5. The van der Waals surface area contributed by atoms with Gasteiger partial charge >= 0.3 is 6.03 Å². The molecular weight excluding hydrogens is 320 g/mol. The van der Waals surface area contributed by atoms with Gasteiger partial charge in [-0.3, -0.25) is 0 Å². The first-order chi connectivity index (χ1) is 12.0. The Morgan fingerprint density at radius 2 is 1.92 bits per heavy atom. The molecule has 0 aromatic heterocycles. The summed E-state index contributed by atoms with van der Waals surface area (Å²) in [6, 6.07) is 11.9. The Labute approximate surface area is 148 Å². The van der Waals surface area contributed by atoms with Crippen LogP contribution in [0.5, 0.6) is 17.2 Å². The van der Waals surface area contributed by atoms with E-state index in [2.05, 4.69) is 5.32 Å². The summed E-state index contributed by atoms with van der Waals surface area (Å²) in [5, 5.41) is 12.8. The monoisotopic (exact) mass is 344 g/mol. The van der Waals surface area contributed by atoms with Gasteiger partial charge in [0.1, 0.15) is 17.2 Å². The third-order valence-corrected chi connectivity index (χ3v) is 3.99. The van der Waals surface area contributed by atoms with E-state index in [-0.39, 0.29) is 17.8 Å². The summed E-state index contributed by atoms with van der Waals surface area (Å²) in [5.74, 6) is 1.51. The standard InChI is InChI=1S/C19H24N2O4/c1-13(16-10-9-15(24-3)11-18(16)25-4)20-19(23)21(2)12-14-7-5-6-8-17(14)22/h5-11,13,22H,12H2,1-4H3,(H,20,23). The zero-order valence-corrected chi connectivity index (χ0v) is 14.9. The Morgan fingerprint density at radius 1 is 1.20 bits per heavy atom. The van der Waals surface area contributed by atoms with E-state index >= 15 is 0 Å². The second kappa shape index (κ2) is 8.28. The van der Waals surface area contributed by atoms with Gasteiger partial charge in [-0.2, -0.15) is 0 Å². The van der Waals surface area contributed by atoms with Crippen molar-refractivity contribution in [2.75, 3.05) is 21.3 Å². The first-order valence-electron chi connectivity index (χ1n) is 7.96. The number of rotatable bonds is 6. The molecule has 6 heteroatoms. The molecule has 1 unspecified atom stereocenters. The lowest BCUT2D eigenvalue weighted by molar-refractivity contribution is 0.203. The molecule has 0 bridgehead atoms. The first-order valence-corrected chi connectivity index (χ1v) is 7.96. The van der Waals surface area contributed by atoms with Crippen molar-refractivity contribution < 1.29 is 19.4 Å². The Kier molecular flexibility index (Phi) is 6.11. The highest BCUT2D eigenvalue weighted by molar-refractivity contribution is 5.74. The second-order valence-electron chi connectivity index (χ2n) is 5.76. The third kappa shape index (κ3) is 4.56. The zero-order valence-electron chi connectivity index (χ0n) is 14.9. The van der Waals surface area contributed by atoms with E-state index in [1.807, 2.05) is 25.1 Å². The molecule has 2 aromatic rings. The number of hydrogen-bond acceptors (Lipinski definition) is 4. The van der Waals surface area contributed by atoms with Crippen LogP contribution >= 0.6 is 0 Å². The van der Waals surface area contributed by atoms with Gasteiger partial charge in [0.15, 0.2) is 0 Å². The van der Waals surface area contributed by atoms with Gasteiger partial charge < -0.3 is 24.8 Å². The summed E-state index contributed by atoms with van der Waals surface area (Å²) >= 11 is 0. The highest BCUT2D eigenvalue weighted by Crippen LogP contribution is 2.29. The van der Waals surface area contributed by atoms with E-state index in [0.717, 1.165) is 5.56 Å². The van der Waals surface area contributed by atoms with Crippen LogP contribution in [0.4, 0.5) is 4.79 Å². The molecule has 0 aliphatic heterocycles. The number of ether oxygens (including phenoxy) is 2. The number of phenolic OH excluding ortho intramolecular Hbond substituents is 1. The van der Waals surface area contributed by atoms with Crippen LogP contribution in [0.15, 0.2) is 42.5 Å².